The normalized spacial score (nSPS) is 8.77. The number of hydrogen-bond acceptors (Lipinski definition) is 4. The molecule has 0 unspecified atom stereocenters. The molecule has 0 aromatic heterocycles. The van der Waals surface area contributed by atoms with Gasteiger partial charge in [0.15, 0.2) is 0 Å². The van der Waals surface area contributed by atoms with E-state index < -0.39 is 4.92 Å². The minimum Gasteiger partial charge on any atom is -0.324 e. The Morgan fingerprint density at radius 1 is 1.46 bits per heavy atom. The van der Waals surface area contributed by atoms with Crippen LogP contribution in [0.5, 0.6) is 0 Å². The first-order valence-electron chi connectivity index (χ1n) is 3.05. The van der Waals surface area contributed by atoms with Gasteiger partial charge in [-0.15, -0.1) is 12.4 Å². The Morgan fingerprint density at radius 2 is 2.08 bits per heavy atom. The Labute approximate surface area is 89.0 Å². The van der Waals surface area contributed by atoms with Crippen LogP contribution in [0.2, 0.25) is 0 Å². The quantitative estimate of drug-likeness (QED) is 0.489. The van der Waals surface area contributed by atoms with Crippen LogP contribution in [0.4, 0.5) is 11.4 Å². The van der Waals surface area contributed by atoms with Gasteiger partial charge in [-0.2, -0.15) is 0 Å². The second-order valence-electron chi connectivity index (χ2n) is 2.10. The summed E-state index contributed by atoms with van der Waals surface area (Å²) in [5.74, 6) is 5.09. The van der Waals surface area contributed by atoms with Crippen molar-refractivity contribution in [2.45, 2.75) is 0 Å². The van der Waals surface area contributed by atoms with E-state index in [1.54, 1.807) is 6.07 Å². The van der Waals surface area contributed by atoms with Crippen LogP contribution in [0.15, 0.2) is 22.7 Å². The van der Waals surface area contributed by atoms with E-state index in [4.69, 9.17) is 5.84 Å². The van der Waals surface area contributed by atoms with Crippen LogP contribution < -0.4 is 11.3 Å². The third-order valence-electron chi connectivity index (χ3n) is 1.26. The number of non-ortho nitro benzene ring substituents is 1. The highest BCUT2D eigenvalue weighted by molar-refractivity contribution is 9.10. The minimum absolute atomic E-state index is 0. The van der Waals surface area contributed by atoms with E-state index >= 15 is 0 Å². The first-order valence-corrected chi connectivity index (χ1v) is 3.84. The molecule has 0 bridgehead atoms. The van der Waals surface area contributed by atoms with Crippen molar-refractivity contribution in [3.8, 4) is 0 Å². The van der Waals surface area contributed by atoms with Crippen LogP contribution in [0.1, 0.15) is 0 Å². The van der Waals surface area contributed by atoms with Gasteiger partial charge in [0.1, 0.15) is 0 Å². The second-order valence-corrected chi connectivity index (χ2v) is 3.02. The summed E-state index contributed by atoms with van der Waals surface area (Å²) < 4.78 is 0.615. The smallest absolute Gasteiger partial charge is 0.272 e. The molecule has 0 amide bonds. The molecule has 72 valence electrons. The molecule has 3 N–H and O–H groups in total. The Morgan fingerprint density at radius 3 is 2.54 bits per heavy atom. The molecule has 0 fully saturated rings. The SMILES string of the molecule is Cl.NNc1cc(Br)cc([N+](=O)[O-])c1. The van der Waals surface area contributed by atoms with Gasteiger partial charge in [-0.3, -0.25) is 16.0 Å². The van der Waals surface area contributed by atoms with Crippen molar-refractivity contribution < 1.29 is 4.92 Å². The van der Waals surface area contributed by atoms with Gasteiger partial charge in [0.2, 0.25) is 0 Å². The molecule has 0 aliphatic carbocycles. The molecule has 5 nitrogen and oxygen atoms in total. The number of hydrazine groups is 1. The first kappa shape index (κ1) is 12.2. The predicted molar refractivity (Wildman–Crippen MR) is 55.9 cm³/mol. The van der Waals surface area contributed by atoms with Crippen molar-refractivity contribution in [3.05, 3.63) is 32.8 Å². The molecule has 0 spiro atoms. The highest BCUT2D eigenvalue weighted by Crippen LogP contribution is 2.23. The van der Waals surface area contributed by atoms with E-state index in [-0.39, 0.29) is 18.1 Å². The Hall–Kier alpha value is -0.850. The number of nitrogens with zero attached hydrogens (tertiary/aromatic N) is 1. The number of rotatable bonds is 2. The van der Waals surface area contributed by atoms with Crippen LogP contribution in [0.25, 0.3) is 0 Å². The van der Waals surface area contributed by atoms with Crippen molar-refractivity contribution in [2.24, 2.45) is 5.84 Å². The summed E-state index contributed by atoms with van der Waals surface area (Å²) in [5, 5.41) is 10.3. The van der Waals surface area contributed by atoms with Crippen LogP contribution in [0, 0.1) is 10.1 Å². The largest absolute Gasteiger partial charge is 0.324 e. The van der Waals surface area contributed by atoms with Gasteiger partial charge >= 0.3 is 0 Å². The predicted octanol–water partition coefficient (Wildman–Crippen LogP) is 2.06. The van der Waals surface area contributed by atoms with Gasteiger partial charge in [-0.1, -0.05) is 15.9 Å². The van der Waals surface area contributed by atoms with Gasteiger partial charge in [0.25, 0.3) is 5.69 Å². The topological polar surface area (TPSA) is 81.2 Å². The fourth-order valence-electron chi connectivity index (χ4n) is 0.763. The van der Waals surface area contributed by atoms with E-state index in [1.807, 2.05) is 0 Å². The number of nitrogen functional groups attached to an aromatic ring is 1. The van der Waals surface area contributed by atoms with Gasteiger partial charge < -0.3 is 5.43 Å². The highest BCUT2D eigenvalue weighted by Gasteiger charge is 2.07. The number of benzene rings is 1. The summed E-state index contributed by atoms with van der Waals surface area (Å²) in [7, 11) is 0. The lowest BCUT2D eigenvalue weighted by molar-refractivity contribution is -0.384. The molecule has 0 atom stereocenters. The lowest BCUT2D eigenvalue weighted by atomic mass is 10.3. The lowest BCUT2D eigenvalue weighted by Crippen LogP contribution is -2.06. The standard InChI is InChI=1S/C6H6BrN3O2.ClH/c7-4-1-5(9-8)3-6(2-4)10(11)12;/h1-3,9H,8H2;1H. The van der Waals surface area contributed by atoms with Crippen LogP contribution in [-0.2, 0) is 0 Å². The van der Waals surface area contributed by atoms with Crippen molar-refractivity contribution >= 4 is 39.7 Å². The molecule has 1 aromatic rings. The summed E-state index contributed by atoms with van der Waals surface area (Å²) in [4.78, 5) is 9.86. The average Bonchev–Trinajstić information content (AvgIpc) is 2.03. The second kappa shape index (κ2) is 5.00. The number of nitro groups is 1. The van der Waals surface area contributed by atoms with E-state index in [2.05, 4.69) is 21.4 Å². The molecule has 0 aliphatic heterocycles. The number of hydrogen-bond donors (Lipinski definition) is 2. The van der Waals surface area contributed by atoms with E-state index in [0.717, 1.165) is 0 Å². The molecule has 0 saturated carbocycles. The maximum Gasteiger partial charge on any atom is 0.272 e. The first-order chi connectivity index (χ1) is 5.63. The van der Waals surface area contributed by atoms with Gasteiger partial charge in [0.05, 0.1) is 10.6 Å². The van der Waals surface area contributed by atoms with Crippen LogP contribution in [-0.4, -0.2) is 4.92 Å². The molecular weight excluding hydrogens is 261 g/mol. The zero-order chi connectivity index (χ0) is 9.14. The van der Waals surface area contributed by atoms with Gasteiger partial charge in [-0.05, 0) is 6.07 Å². The molecular formula is C6H7BrClN3O2. The number of nitrogens with one attached hydrogen (secondary N) is 1. The highest BCUT2D eigenvalue weighted by atomic mass is 79.9. The summed E-state index contributed by atoms with van der Waals surface area (Å²) in [6.07, 6.45) is 0. The number of anilines is 1. The van der Waals surface area contributed by atoms with Crippen molar-refractivity contribution in [1.29, 1.82) is 0 Å². The Balaban J connectivity index is 0.00000144. The Bertz CT molecular complexity index is 321. The maximum absolute atomic E-state index is 10.3. The summed E-state index contributed by atoms with van der Waals surface area (Å²) in [6, 6.07) is 4.40. The van der Waals surface area contributed by atoms with E-state index in [1.165, 1.54) is 12.1 Å². The zero-order valence-corrected chi connectivity index (χ0v) is 8.76. The molecule has 1 rings (SSSR count). The third kappa shape index (κ3) is 3.17. The van der Waals surface area contributed by atoms with Gasteiger partial charge in [0, 0.05) is 16.6 Å². The Kier molecular flexibility index (Phi) is 4.68. The minimum atomic E-state index is -0.481. The maximum atomic E-state index is 10.3. The third-order valence-corrected chi connectivity index (χ3v) is 1.72. The fraction of sp³-hybridized carbons (Fsp3) is 0. The van der Waals surface area contributed by atoms with Crippen molar-refractivity contribution in [1.82, 2.24) is 0 Å². The van der Waals surface area contributed by atoms with E-state index in [9.17, 15) is 10.1 Å². The molecule has 7 heteroatoms. The lowest BCUT2D eigenvalue weighted by Gasteiger charge is -1.99. The monoisotopic (exact) mass is 267 g/mol. The molecule has 0 radical (unpaired) electrons. The summed E-state index contributed by atoms with van der Waals surface area (Å²) in [6.45, 7) is 0. The zero-order valence-electron chi connectivity index (χ0n) is 6.36. The number of nitrogens with two attached hydrogens (primary N) is 1. The molecule has 0 aliphatic rings. The van der Waals surface area contributed by atoms with Crippen molar-refractivity contribution in [3.63, 3.8) is 0 Å². The molecule has 0 saturated heterocycles. The average molecular weight is 268 g/mol. The van der Waals surface area contributed by atoms with Crippen LogP contribution >= 0.6 is 28.3 Å². The van der Waals surface area contributed by atoms with E-state index in [0.29, 0.717) is 10.2 Å². The number of halogens is 2. The summed E-state index contributed by atoms with van der Waals surface area (Å²) >= 11 is 3.12. The number of nitro benzene ring substituents is 1. The fourth-order valence-corrected chi connectivity index (χ4v) is 1.24. The van der Waals surface area contributed by atoms with Gasteiger partial charge in [-0.25, -0.2) is 0 Å². The molecule has 1 aromatic carbocycles. The molecule has 0 heterocycles. The summed E-state index contributed by atoms with van der Waals surface area (Å²) in [5.41, 5.74) is 2.82. The van der Waals surface area contributed by atoms with Crippen LogP contribution in [0.3, 0.4) is 0 Å². The molecule has 13 heavy (non-hydrogen) atoms. The van der Waals surface area contributed by atoms with Crippen molar-refractivity contribution in [2.75, 3.05) is 5.43 Å².